The largest absolute Gasteiger partial charge is 0.375 e. The molecule has 1 heterocycles. The van der Waals surface area contributed by atoms with E-state index in [1.165, 1.54) is 6.42 Å². The van der Waals surface area contributed by atoms with Gasteiger partial charge in [0.2, 0.25) is 0 Å². The molecule has 0 spiro atoms. The Morgan fingerprint density at radius 2 is 2.00 bits per heavy atom. The second kappa shape index (κ2) is 6.55. The Morgan fingerprint density at radius 1 is 1.37 bits per heavy atom. The molecule has 0 bridgehead atoms. The van der Waals surface area contributed by atoms with Crippen molar-refractivity contribution in [2.75, 3.05) is 26.2 Å². The average molecular weight is 270 g/mol. The molecule has 2 atom stereocenters. The number of hydrogen-bond acceptors (Lipinski definition) is 3. The molecule has 3 heteroatoms. The van der Waals surface area contributed by atoms with Gasteiger partial charge in [0.25, 0.3) is 0 Å². The van der Waals surface area contributed by atoms with Crippen LogP contribution in [0.1, 0.15) is 54.9 Å². The van der Waals surface area contributed by atoms with Gasteiger partial charge in [-0.1, -0.05) is 20.3 Å². The summed E-state index contributed by atoms with van der Waals surface area (Å²) in [5, 5.41) is 3.68. The van der Waals surface area contributed by atoms with Gasteiger partial charge in [-0.2, -0.15) is 0 Å². The van der Waals surface area contributed by atoms with Crippen LogP contribution in [-0.4, -0.2) is 48.3 Å². The van der Waals surface area contributed by atoms with Gasteiger partial charge in [-0.15, -0.1) is 0 Å². The van der Waals surface area contributed by atoms with Crippen molar-refractivity contribution in [2.45, 2.75) is 72.1 Å². The van der Waals surface area contributed by atoms with Crippen molar-refractivity contribution in [3.05, 3.63) is 0 Å². The normalized spacial score (nSPS) is 26.4. The third kappa shape index (κ3) is 5.80. The van der Waals surface area contributed by atoms with Gasteiger partial charge in [-0.3, -0.25) is 4.90 Å². The van der Waals surface area contributed by atoms with E-state index in [4.69, 9.17) is 4.74 Å². The molecule has 1 aliphatic rings. The van der Waals surface area contributed by atoms with E-state index in [1.807, 2.05) is 0 Å². The summed E-state index contributed by atoms with van der Waals surface area (Å²) in [6.07, 6.45) is 1.24. The molecule has 1 N–H and O–H groups in total. The molecule has 1 saturated heterocycles. The first-order valence-electron chi connectivity index (χ1n) is 7.77. The van der Waals surface area contributed by atoms with Crippen LogP contribution in [-0.2, 0) is 4.74 Å². The fraction of sp³-hybridized carbons (Fsp3) is 1.00. The van der Waals surface area contributed by atoms with Gasteiger partial charge in [0.1, 0.15) is 0 Å². The van der Waals surface area contributed by atoms with Crippen LogP contribution in [0.3, 0.4) is 0 Å². The maximum Gasteiger partial charge on any atom is 0.0600 e. The number of rotatable bonds is 5. The van der Waals surface area contributed by atoms with E-state index >= 15 is 0 Å². The maximum absolute atomic E-state index is 5.90. The summed E-state index contributed by atoms with van der Waals surface area (Å²) in [4.78, 5) is 2.62. The van der Waals surface area contributed by atoms with Crippen LogP contribution in [0.2, 0.25) is 0 Å². The Bertz CT molecular complexity index is 270. The molecule has 3 nitrogen and oxygen atoms in total. The Hall–Kier alpha value is -0.120. The summed E-state index contributed by atoms with van der Waals surface area (Å²) in [7, 11) is 0. The lowest BCUT2D eigenvalue weighted by atomic mass is 9.91. The minimum absolute atomic E-state index is 0.0323. The van der Waals surface area contributed by atoms with Crippen LogP contribution in [0.25, 0.3) is 0 Å². The highest BCUT2D eigenvalue weighted by Gasteiger charge is 2.34. The smallest absolute Gasteiger partial charge is 0.0600 e. The molecule has 0 aromatic heterocycles. The van der Waals surface area contributed by atoms with Crippen LogP contribution < -0.4 is 5.32 Å². The van der Waals surface area contributed by atoms with E-state index in [0.29, 0.717) is 6.04 Å². The molecule has 1 fully saturated rings. The van der Waals surface area contributed by atoms with Crippen molar-refractivity contribution >= 4 is 0 Å². The first-order valence-corrected chi connectivity index (χ1v) is 7.77. The average Bonchev–Trinajstić information content (AvgIpc) is 2.25. The second-order valence-corrected chi connectivity index (χ2v) is 7.65. The van der Waals surface area contributed by atoms with E-state index < -0.39 is 0 Å². The molecule has 1 rings (SSSR count). The number of ether oxygens (including phenoxy) is 1. The van der Waals surface area contributed by atoms with Gasteiger partial charge < -0.3 is 10.1 Å². The molecular formula is C16H34N2O. The maximum atomic E-state index is 5.90. The summed E-state index contributed by atoms with van der Waals surface area (Å²) < 4.78 is 5.90. The van der Waals surface area contributed by atoms with Crippen LogP contribution >= 0.6 is 0 Å². The van der Waals surface area contributed by atoms with Gasteiger partial charge in [-0.25, -0.2) is 0 Å². The van der Waals surface area contributed by atoms with Gasteiger partial charge in [0.15, 0.2) is 0 Å². The molecular weight excluding hydrogens is 236 g/mol. The zero-order valence-corrected chi connectivity index (χ0v) is 14.0. The first kappa shape index (κ1) is 16.9. The van der Waals surface area contributed by atoms with Gasteiger partial charge in [0, 0.05) is 31.2 Å². The summed E-state index contributed by atoms with van der Waals surface area (Å²) in [6.45, 7) is 19.7. The monoisotopic (exact) mass is 270 g/mol. The predicted octanol–water partition coefficient (Wildman–Crippen LogP) is 2.90. The highest BCUT2D eigenvalue weighted by Crippen LogP contribution is 2.22. The minimum Gasteiger partial charge on any atom is -0.375 e. The van der Waals surface area contributed by atoms with E-state index in [0.717, 1.165) is 32.2 Å². The van der Waals surface area contributed by atoms with Crippen LogP contribution in [0, 0.1) is 5.92 Å². The fourth-order valence-corrected chi connectivity index (χ4v) is 2.74. The Kier molecular flexibility index (Phi) is 5.84. The number of hydrogen-bond donors (Lipinski definition) is 1. The van der Waals surface area contributed by atoms with E-state index in [2.05, 4.69) is 58.7 Å². The Labute approximate surface area is 120 Å². The lowest BCUT2D eigenvalue weighted by molar-refractivity contribution is -0.0309. The number of nitrogens with zero attached hydrogens (tertiary/aromatic N) is 1. The summed E-state index contributed by atoms with van der Waals surface area (Å²) in [5.74, 6) is 0.734. The van der Waals surface area contributed by atoms with E-state index in [-0.39, 0.29) is 11.1 Å². The summed E-state index contributed by atoms with van der Waals surface area (Å²) in [6, 6.07) is 0.640. The lowest BCUT2D eigenvalue weighted by Crippen LogP contribution is -2.63. The van der Waals surface area contributed by atoms with Crippen LogP contribution in [0.5, 0.6) is 0 Å². The quantitative estimate of drug-likeness (QED) is 0.831. The summed E-state index contributed by atoms with van der Waals surface area (Å²) >= 11 is 0. The molecule has 0 aromatic rings. The zero-order valence-electron chi connectivity index (χ0n) is 14.0. The van der Waals surface area contributed by atoms with Gasteiger partial charge in [0.05, 0.1) is 12.2 Å². The SMILES string of the molecule is CCC(C)C1CNC(C)(C)CN1CCOC(C)(C)C. The van der Waals surface area contributed by atoms with Crippen LogP contribution in [0.15, 0.2) is 0 Å². The molecule has 19 heavy (non-hydrogen) atoms. The standard InChI is InChI=1S/C16H34N2O/c1-8-13(2)14-11-17-16(6,7)12-18(14)9-10-19-15(3,4)5/h13-14,17H,8-12H2,1-7H3. The predicted molar refractivity (Wildman–Crippen MR) is 82.6 cm³/mol. The Balaban J connectivity index is 2.56. The van der Waals surface area contributed by atoms with Crippen LogP contribution in [0.4, 0.5) is 0 Å². The number of piperazine rings is 1. The zero-order chi connectivity index (χ0) is 14.7. The van der Waals surface area contributed by atoms with Crippen molar-refractivity contribution in [1.82, 2.24) is 10.2 Å². The summed E-state index contributed by atoms with van der Waals surface area (Å²) in [5.41, 5.74) is 0.182. The molecule has 0 aromatic carbocycles. The van der Waals surface area contributed by atoms with Crippen molar-refractivity contribution in [1.29, 1.82) is 0 Å². The minimum atomic E-state index is -0.0323. The molecule has 0 amide bonds. The van der Waals surface area contributed by atoms with Crippen molar-refractivity contribution in [3.63, 3.8) is 0 Å². The van der Waals surface area contributed by atoms with E-state index in [1.54, 1.807) is 0 Å². The highest BCUT2D eigenvalue weighted by molar-refractivity contribution is 4.93. The van der Waals surface area contributed by atoms with Crippen molar-refractivity contribution < 1.29 is 4.74 Å². The second-order valence-electron chi connectivity index (χ2n) is 7.65. The topological polar surface area (TPSA) is 24.5 Å². The molecule has 0 saturated carbocycles. The molecule has 2 unspecified atom stereocenters. The third-order valence-electron chi connectivity index (χ3n) is 4.07. The third-order valence-corrected chi connectivity index (χ3v) is 4.07. The molecule has 0 aliphatic carbocycles. The number of nitrogens with one attached hydrogen (secondary N) is 1. The van der Waals surface area contributed by atoms with Crippen molar-refractivity contribution in [3.8, 4) is 0 Å². The lowest BCUT2D eigenvalue weighted by Gasteiger charge is -2.47. The van der Waals surface area contributed by atoms with Gasteiger partial charge >= 0.3 is 0 Å². The molecule has 114 valence electrons. The molecule has 0 radical (unpaired) electrons. The fourth-order valence-electron chi connectivity index (χ4n) is 2.74. The van der Waals surface area contributed by atoms with Gasteiger partial charge in [-0.05, 0) is 40.5 Å². The van der Waals surface area contributed by atoms with Crippen molar-refractivity contribution in [2.24, 2.45) is 5.92 Å². The highest BCUT2D eigenvalue weighted by atomic mass is 16.5. The van der Waals surface area contributed by atoms with E-state index in [9.17, 15) is 0 Å². The Morgan fingerprint density at radius 3 is 2.53 bits per heavy atom. The first-order chi connectivity index (χ1) is 8.64. The molecule has 1 aliphatic heterocycles.